The highest BCUT2D eigenvalue weighted by atomic mass is 14.9. The maximum absolute atomic E-state index is 4.60. The minimum Gasteiger partial charge on any atom is -0.310 e. The number of fused-ring (bicyclic) bond motifs is 1. The molecule has 18 heavy (non-hydrogen) atoms. The molecule has 1 unspecified atom stereocenters. The number of hydrogen-bond acceptors (Lipinski definition) is 2. The van der Waals surface area contributed by atoms with E-state index in [1.54, 1.807) is 0 Å². The van der Waals surface area contributed by atoms with Crippen molar-refractivity contribution < 1.29 is 0 Å². The lowest BCUT2D eigenvalue weighted by molar-refractivity contribution is 0.535. The van der Waals surface area contributed by atoms with Gasteiger partial charge in [-0.3, -0.25) is 4.98 Å². The Hall–Kier alpha value is -1.41. The van der Waals surface area contributed by atoms with Crippen LogP contribution in [0.15, 0.2) is 24.3 Å². The molecule has 96 valence electrons. The van der Waals surface area contributed by atoms with Crippen LogP contribution in [0.25, 0.3) is 10.9 Å². The van der Waals surface area contributed by atoms with Crippen molar-refractivity contribution in [2.45, 2.75) is 46.7 Å². The SMILES string of the molecule is CCC(C)NCc1cc(C)nc2ccc(C)cc12. The lowest BCUT2D eigenvalue weighted by atomic mass is 10.0. The molecule has 2 rings (SSSR count). The minimum absolute atomic E-state index is 0.554. The van der Waals surface area contributed by atoms with Crippen LogP contribution in [-0.2, 0) is 6.54 Å². The summed E-state index contributed by atoms with van der Waals surface area (Å²) in [5.74, 6) is 0. The predicted molar refractivity (Wildman–Crippen MR) is 77.8 cm³/mol. The number of aryl methyl sites for hydroxylation is 2. The third kappa shape index (κ3) is 2.88. The topological polar surface area (TPSA) is 24.9 Å². The molecule has 0 saturated carbocycles. The largest absolute Gasteiger partial charge is 0.310 e. The molecular formula is C16H22N2. The first-order chi connectivity index (χ1) is 8.60. The van der Waals surface area contributed by atoms with Crippen LogP contribution >= 0.6 is 0 Å². The Morgan fingerprint density at radius 1 is 1.22 bits per heavy atom. The highest BCUT2D eigenvalue weighted by Crippen LogP contribution is 2.20. The van der Waals surface area contributed by atoms with Crippen LogP contribution in [0.5, 0.6) is 0 Å². The number of rotatable bonds is 4. The van der Waals surface area contributed by atoms with Gasteiger partial charge in [0.2, 0.25) is 0 Å². The normalized spacial score (nSPS) is 12.9. The predicted octanol–water partition coefficient (Wildman–Crippen LogP) is 3.74. The van der Waals surface area contributed by atoms with E-state index in [2.05, 4.69) is 62.3 Å². The van der Waals surface area contributed by atoms with E-state index < -0.39 is 0 Å². The van der Waals surface area contributed by atoms with Crippen molar-refractivity contribution in [2.75, 3.05) is 0 Å². The van der Waals surface area contributed by atoms with Crippen LogP contribution in [0.4, 0.5) is 0 Å². The van der Waals surface area contributed by atoms with Gasteiger partial charge >= 0.3 is 0 Å². The molecule has 0 saturated heterocycles. The summed E-state index contributed by atoms with van der Waals surface area (Å²) >= 11 is 0. The number of hydrogen-bond donors (Lipinski definition) is 1. The van der Waals surface area contributed by atoms with Crippen molar-refractivity contribution in [3.05, 3.63) is 41.1 Å². The van der Waals surface area contributed by atoms with Gasteiger partial charge in [-0.1, -0.05) is 18.6 Å². The first kappa shape index (κ1) is 13.0. The zero-order chi connectivity index (χ0) is 13.1. The molecular weight excluding hydrogens is 220 g/mol. The average molecular weight is 242 g/mol. The highest BCUT2D eigenvalue weighted by molar-refractivity contribution is 5.83. The van der Waals surface area contributed by atoms with E-state index in [0.29, 0.717) is 6.04 Å². The first-order valence-electron chi connectivity index (χ1n) is 6.70. The molecule has 0 aliphatic rings. The fourth-order valence-corrected chi connectivity index (χ4v) is 2.13. The van der Waals surface area contributed by atoms with E-state index in [1.165, 1.54) is 16.5 Å². The fraction of sp³-hybridized carbons (Fsp3) is 0.438. The quantitative estimate of drug-likeness (QED) is 0.883. The van der Waals surface area contributed by atoms with Crippen molar-refractivity contribution in [3.8, 4) is 0 Å². The van der Waals surface area contributed by atoms with E-state index in [0.717, 1.165) is 24.2 Å². The van der Waals surface area contributed by atoms with Crippen LogP contribution in [0.2, 0.25) is 0 Å². The van der Waals surface area contributed by atoms with Crippen molar-refractivity contribution in [1.29, 1.82) is 0 Å². The summed E-state index contributed by atoms with van der Waals surface area (Å²) < 4.78 is 0. The van der Waals surface area contributed by atoms with Crippen LogP contribution in [0, 0.1) is 13.8 Å². The Bertz CT molecular complexity index is 546. The second kappa shape index (κ2) is 5.49. The van der Waals surface area contributed by atoms with Crippen LogP contribution < -0.4 is 5.32 Å². The van der Waals surface area contributed by atoms with E-state index >= 15 is 0 Å². The summed E-state index contributed by atoms with van der Waals surface area (Å²) in [5.41, 5.74) is 4.83. The molecule has 2 nitrogen and oxygen atoms in total. The van der Waals surface area contributed by atoms with Gasteiger partial charge in [-0.2, -0.15) is 0 Å². The summed E-state index contributed by atoms with van der Waals surface area (Å²) in [4.78, 5) is 4.60. The Morgan fingerprint density at radius 3 is 2.72 bits per heavy atom. The molecule has 0 spiro atoms. The second-order valence-electron chi connectivity index (χ2n) is 5.13. The molecule has 1 aromatic heterocycles. The Labute approximate surface area is 109 Å². The lowest BCUT2D eigenvalue weighted by Crippen LogP contribution is -2.24. The van der Waals surface area contributed by atoms with Crippen LogP contribution in [0.1, 0.15) is 37.1 Å². The monoisotopic (exact) mass is 242 g/mol. The van der Waals surface area contributed by atoms with Gasteiger partial charge in [0, 0.05) is 23.7 Å². The number of benzene rings is 1. The van der Waals surface area contributed by atoms with E-state index in [-0.39, 0.29) is 0 Å². The van der Waals surface area contributed by atoms with E-state index in [9.17, 15) is 0 Å². The lowest BCUT2D eigenvalue weighted by Gasteiger charge is -2.13. The van der Waals surface area contributed by atoms with Gasteiger partial charge in [0.05, 0.1) is 5.52 Å². The van der Waals surface area contributed by atoms with Crippen LogP contribution in [0.3, 0.4) is 0 Å². The Morgan fingerprint density at radius 2 is 2.00 bits per heavy atom. The standard InChI is InChI=1S/C16H22N2/c1-5-12(3)17-10-14-9-13(4)18-16-7-6-11(2)8-15(14)16/h6-9,12,17H,5,10H2,1-4H3. The second-order valence-corrected chi connectivity index (χ2v) is 5.13. The zero-order valence-corrected chi connectivity index (χ0v) is 11.7. The van der Waals surface area contributed by atoms with Gasteiger partial charge in [0.15, 0.2) is 0 Å². The molecule has 1 aromatic carbocycles. The summed E-state index contributed by atoms with van der Waals surface area (Å²) in [5, 5.41) is 4.83. The third-order valence-corrected chi connectivity index (χ3v) is 3.43. The van der Waals surface area contributed by atoms with Crippen LogP contribution in [-0.4, -0.2) is 11.0 Å². The Balaban J connectivity index is 2.38. The first-order valence-corrected chi connectivity index (χ1v) is 6.70. The summed E-state index contributed by atoms with van der Waals surface area (Å²) in [6, 6.07) is 9.22. The van der Waals surface area contributed by atoms with Gasteiger partial charge < -0.3 is 5.32 Å². The molecule has 0 aliphatic heterocycles. The van der Waals surface area contributed by atoms with E-state index in [1.807, 2.05) is 0 Å². The molecule has 0 fully saturated rings. The molecule has 2 aromatic rings. The number of aromatic nitrogens is 1. The summed E-state index contributed by atoms with van der Waals surface area (Å²) in [7, 11) is 0. The van der Waals surface area contributed by atoms with Gasteiger partial charge in [0.1, 0.15) is 0 Å². The highest BCUT2D eigenvalue weighted by Gasteiger charge is 2.05. The maximum Gasteiger partial charge on any atom is 0.0708 e. The molecule has 1 N–H and O–H groups in total. The van der Waals surface area contributed by atoms with Gasteiger partial charge in [0.25, 0.3) is 0 Å². The van der Waals surface area contributed by atoms with Crippen molar-refractivity contribution in [2.24, 2.45) is 0 Å². The van der Waals surface area contributed by atoms with Gasteiger partial charge in [-0.15, -0.1) is 0 Å². The van der Waals surface area contributed by atoms with Crippen molar-refractivity contribution in [1.82, 2.24) is 10.3 Å². The van der Waals surface area contributed by atoms with Crippen molar-refractivity contribution in [3.63, 3.8) is 0 Å². The Kier molecular flexibility index (Phi) is 3.97. The number of pyridine rings is 1. The fourth-order valence-electron chi connectivity index (χ4n) is 2.13. The molecule has 0 bridgehead atoms. The third-order valence-electron chi connectivity index (χ3n) is 3.43. The molecule has 1 atom stereocenters. The molecule has 0 amide bonds. The smallest absolute Gasteiger partial charge is 0.0708 e. The number of nitrogens with one attached hydrogen (secondary N) is 1. The summed E-state index contributed by atoms with van der Waals surface area (Å²) in [6.45, 7) is 9.54. The molecule has 0 aliphatic carbocycles. The molecule has 0 radical (unpaired) electrons. The molecule has 1 heterocycles. The van der Waals surface area contributed by atoms with Crippen molar-refractivity contribution >= 4 is 10.9 Å². The average Bonchev–Trinajstić information content (AvgIpc) is 2.36. The van der Waals surface area contributed by atoms with E-state index in [4.69, 9.17) is 0 Å². The number of nitrogens with zero attached hydrogens (tertiary/aromatic N) is 1. The zero-order valence-electron chi connectivity index (χ0n) is 11.7. The molecule has 2 heteroatoms. The maximum atomic E-state index is 4.60. The van der Waals surface area contributed by atoms with Gasteiger partial charge in [-0.25, -0.2) is 0 Å². The minimum atomic E-state index is 0.554. The van der Waals surface area contributed by atoms with Gasteiger partial charge in [-0.05, 0) is 51.0 Å². The summed E-state index contributed by atoms with van der Waals surface area (Å²) in [6.07, 6.45) is 1.15.